The summed E-state index contributed by atoms with van der Waals surface area (Å²) in [6.07, 6.45) is 2.06. The van der Waals surface area contributed by atoms with E-state index >= 15 is 0 Å². The van der Waals surface area contributed by atoms with Gasteiger partial charge in [-0.15, -0.1) is 5.10 Å². The highest BCUT2D eigenvalue weighted by molar-refractivity contribution is 7.03. The first-order chi connectivity index (χ1) is 8.74. The lowest BCUT2D eigenvalue weighted by Crippen LogP contribution is -2.26. The van der Waals surface area contributed by atoms with Crippen molar-refractivity contribution in [2.24, 2.45) is 0 Å². The maximum absolute atomic E-state index is 9.20. The molecule has 1 atom stereocenters. The monoisotopic (exact) mass is 263 g/mol. The van der Waals surface area contributed by atoms with Gasteiger partial charge < -0.3 is 10.4 Å². The van der Waals surface area contributed by atoms with Gasteiger partial charge in [-0.1, -0.05) is 16.6 Å². The normalized spacial score (nSPS) is 12.5. The van der Waals surface area contributed by atoms with Crippen molar-refractivity contribution >= 4 is 11.5 Å². The molecule has 1 heterocycles. The molecule has 1 unspecified atom stereocenters. The van der Waals surface area contributed by atoms with Crippen LogP contribution in [0, 0.1) is 0 Å². The quantitative estimate of drug-likeness (QED) is 0.840. The van der Waals surface area contributed by atoms with Crippen LogP contribution in [0.15, 0.2) is 29.6 Å². The summed E-state index contributed by atoms with van der Waals surface area (Å²) >= 11 is 1.38. The molecule has 2 aromatic rings. The number of benzene rings is 1. The molecule has 0 spiro atoms. The minimum Gasteiger partial charge on any atom is -0.508 e. The number of hydrogen-bond acceptors (Lipinski definition) is 5. The summed E-state index contributed by atoms with van der Waals surface area (Å²) in [7, 11) is 0. The highest BCUT2D eigenvalue weighted by atomic mass is 32.1. The Labute approximate surface area is 111 Å². The summed E-state index contributed by atoms with van der Waals surface area (Å²) in [4.78, 5) is 0. The number of nitrogens with one attached hydrogen (secondary N) is 1. The highest BCUT2D eigenvalue weighted by Crippen LogP contribution is 2.12. The fourth-order valence-corrected chi connectivity index (χ4v) is 2.14. The third-order valence-corrected chi connectivity index (χ3v) is 3.39. The molecule has 0 aliphatic heterocycles. The van der Waals surface area contributed by atoms with Crippen molar-refractivity contribution in [2.75, 3.05) is 0 Å². The maximum atomic E-state index is 9.20. The highest BCUT2D eigenvalue weighted by Gasteiger charge is 2.03. The van der Waals surface area contributed by atoms with E-state index in [4.69, 9.17) is 0 Å². The molecule has 2 N–H and O–H groups in total. The summed E-state index contributed by atoms with van der Waals surface area (Å²) in [6.45, 7) is 2.94. The number of aromatic hydroxyl groups is 1. The van der Waals surface area contributed by atoms with E-state index in [-0.39, 0.29) is 0 Å². The summed E-state index contributed by atoms with van der Waals surface area (Å²) in [6, 6.07) is 7.82. The molecule has 0 aliphatic rings. The van der Waals surface area contributed by atoms with Crippen molar-refractivity contribution in [1.29, 1.82) is 0 Å². The molecule has 1 aromatic heterocycles. The van der Waals surface area contributed by atoms with E-state index in [2.05, 4.69) is 21.8 Å². The van der Waals surface area contributed by atoms with Crippen LogP contribution in [0.1, 0.15) is 24.6 Å². The van der Waals surface area contributed by atoms with Gasteiger partial charge in [0.15, 0.2) is 0 Å². The lowest BCUT2D eigenvalue weighted by molar-refractivity contribution is 0.474. The van der Waals surface area contributed by atoms with Crippen molar-refractivity contribution in [1.82, 2.24) is 14.9 Å². The van der Waals surface area contributed by atoms with Crippen molar-refractivity contribution in [3.05, 3.63) is 40.9 Å². The molecule has 0 aliphatic carbocycles. The molecule has 4 nitrogen and oxygen atoms in total. The first-order valence-corrected chi connectivity index (χ1v) is 6.85. The van der Waals surface area contributed by atoms with Gasteiger partial charge >= 0.3 is 0 Å². The average Bonchev–Trinajstić information content (AvgIpc) is 2.89. The van der Waals surface area contributed by atoms with Crippen LogP contribution in [-0.4, -0.2) is 20.7 Å². The molecule has 0 saturated carbocycles. The van der Waals surface area contributed by atoms with E-state index in [0.29, 0.717) is 11.8 Å². The topological polar surface area (TPSA) is 58.0 Å². The predicted octanol–water partition coefficient (Wildman–Crippen LogP) is 2.35. The SMILES string of the molecule is CC(CCc1ccc(O)cc1)NCc1csnn1. The second-order valence-corrected chi connectivity index (χ2v) is 4.99. The predicted molar refractivity (Wildman–Crippen MR) is 72.6 cm³/mol. The Bertz CT molecular complexity index is 456. The van der Waals surface area contributed by atoms with Gasteiger partial charge in [0.2, 0.25) is 0 Å². The van der Waals surface area contributed by atoms with Crippen LogP contribution in [0.3, 0.4) is 0 Å². The average molecular weight is 263 g/mol. The fraction of sp³-hybridized carbons (Fsp3) is 0.385. The van der Waals surface area contributed by atoms with Crippen LogP contribution in [0.4, 0.5) is 0 Å². The van der Waals surface area contributed by atoms with E-state index in [1.54, 1.807) is 12.1 Å². The third-order valence-electron chi connectivity index (χ3n) is 2.84. The van der Waals surface area contributed by atoms with E-state index < -0.39 is 0 Å². The van der Waals surface area contributed by atoms with Crippen LogP contribution >= 0.6 is 11.5 Å². The minimum absolute atomic E-state index is 0.320. The Morgan fingerprint density at radius 1 is 1.33 bits per heavy atom. The molecule has 1 aromatic carbocycles. The van der Waals surface area contributed by atoms with Crippen LogP contribution in [-0.2, 0) is 13.0 Å². The molecular formula is C13H17N3OS. The van der Waals surface area contributed by atoms with Crippen LogP contribution in [0.5, 0.6) is 5.75 Å². The van der Waals surface area contributed by atoms with Gasteiger partial charge in [-0.3, -0.25) is 0 Å². The molecule has 96 valence electrons. The summed E-state index contributed by atoms with van der Waals surface area (Å²) in [5.41, 5.74) is 2.24. The molecule has 18 heavy (non-hydrogen) atoms. The summed E-state index contributed by atoms with van der Waals surface area (Å²) < 4.78 is 3.83. The first-order valence-electron chi connectivity index (χ1n) is 6.01. The standard InChI is InChI=1S/C13H17N3OS/c1-10(14-8-12-9-18-16-15-12)2-3-11-4-6-13(17)7-5-11/h4-7,9-10,14,17H,2-3,8H2,1H3. The number of phenols is 1. The first kappa shape index (κ1) is 13.0. The van der Waals surface area contributed by atoms with Gasteiger partial charge in [-0.25, -0.2) is 0 Å². The van der Waals surface area contributed by atoms with Crippen LogP contribution < -0.4 is 5.32 Å². The van der Waals surface area contributed by atoms with Gasteiger partial charge in [0, 0.05) is 18.0 Å². The number of aromatic nitrogens is 2. The lowest BCUT2D eigenvalue weighted by Gasteiger charge is -2.12. The molecule has 0 amide bonds. The van der Waals surface area contributed by atoms with Gasteiger partial charge in [0.25, 0.3) is 0 Å². The minimum atomic E-state index is 0.320. The zero-order chi connectivity index (χ0) is 12.8. The Morgan fingerprint density at radius 3 is 2.78 bits per heavy atom. The Kier molecular flexibility index (Phi) is 4.66. The van der Waals surface area contributed by atoms with Crippen LogP contribution in [0.2, 0.25) is 0 Å². The van der Waals surface area contributed by atoms with E-state index in [0.717, 1.165) is 25.1 Å². The smallest absolute Gasteiger partial charge is 0.115 e. The van der Waals surface area contributed by atoms with Crippen molar-refractivity contribution in [2.45, 2.75) is 32.4 Å². The maximum Gasteiger partial charge on any atom is 0.115 e. The number of rotatable bonds is 6. The molecular weight excluding hydrogens is 246 g/mol. The van der Waals surface area contributed by atoms with Gasteiger partial charge in [0.1, 0.15) is 5.75 Å². The second-order valence-electron chi connectivity index (χ2n) is 4.38. The molecule has 0 bridgehead atoms. The van der Waals surface area contributed by atoms with Crippen molar-refractivity contribution < 1.29 is 5.11 Å². The fourth-order valence-electron chi connectivity index (χ4n) is 1.69. The number of hydrogen-bond donors (Lipinski definition) is 2. The Hall–Kier alpha value is -1.46. The Morgan fingerprint density at radius 2 is 2.11 bits per heavy atom. The molecule has 0 fully saturated rings. The largest absolute Gasteiger partial charge is 0.508 e. The number of phenolic OH excluding ortho intramolecular Hbond substituents is 1. The number of nitrogens with zero attached hydrogens (tertiary/aromatic N) is 2. The van der Waals surface area contributed by atoms with Crippen molar-refractivity contribution in [3.63, 3.8) is 0 Å². The lowest BCUT2D eigenvalue weighted by atomic mass is 10.1. The van der Waals surface area contributed by atoms with Gasteiger partial charge in [-0.2, -0.15) is 0 Å². The zero-order valence-corrected chi connectivity index (χ0v) is 11.2. The second kappa shape index (κ2) is 6.47. The molecule has 0 radical (unpaired) electrons. The van der Waals surface area contributed by atoms with Crippen molar-refractivity contribution in [3.8, 4) is 5.75 Å². The molecule has 0 saturated heterocycles. The van der Waals surface area contributed by atoms with E-state index in [1.807, 2.05) is 17.5 Å². The summed E-state index contributed by atoms with van der Waals surface area (Å²) in [5, 5.41) is 18.6. The molecule has 5 heteroatoms. The van der Waals surface area contributed by atoms with E-state index in [1.165, 1.54) is 17.1 Å². The number of aryl methyl sites for hydroxylation is 1. The van der Waals surface area contributed by atoms with E-state index in [9.17, 15) is 5.11 Å². The van der Waals surface area contributed by atoms with Gasteiger partial charge in [0.05, 0.1) is 5.69 Å². The zero-order valence-electron chi connectivity index (χ0n) is 10.3. The summed E-state index contributed by atoms with van der Waals surface area (Å²) in [5.74, 6) is 0.320. The van der Waals surface area contributed by atoms with Gasteiger partial charge in [-0.05, 0) is 49.0 Å². The van der Waals surface area contributed by atoms with Crippen LogP contribution in [0.25, 0.3) is 0 Å². The third kappa shape index (κ3) is 4.09. The molecule has 2 rings (SSSR count). The Balaban J connectivity index is 1.71.